The molecule has 0 radical (unpaired) electrons. The van der Waals surface area contributed by atoms with Crippen molar-refractivity contribution in [2.24, 2.45) is 0 Å². The lowest BCUT2D eigenvalue weighted by atomic mass is 10.2. The lowest BCUT2D eigenvalue weighted by molar-refractivity contribution is 0.0944. The van der Waals surface area contributed by atoms with E-state index in [9.17, 15) is 18.8 Å². The average Bonchev–Trinajstić information content (AvgIpc) is 2.69. The van der Waals surface area contributed by atoms with E-state index in [2.05, 4.69) is 15.4 Å². The molecule has 1 aromatic carbocycles. The van der Waals surface area contributed by atoms with E-state index >= 15 is 0 Å². The van der Waals surface area contributed by atoms with Gasteiger partial charge in [-0.15, -0.1) is 0 Å². The van der Waals surface area contributed by atoms with Gasteiger partial charge in [0.25, 0.3) is 17.0 Å². The second kappa shape index (κ2) is 8.59. The van der Waals surface area contributed by atoms with Crippen molar-refractivity contribution in [3.8, 4) is 0 Å². The first-order valence-corrected chi connectivity index (χ1v) is 8.98. The van der Waals surface area contributed by atoms with E-state index in [1.807, 2.05) is 0 Å². The number of benzene rings is 1. The third kappa shape index (κ3) is 4.81. The van der Waals surface area contributed by atoms with Crippen LogP contribution in [-0.4, -0.2) is 31.8 Å². The molecule has 0 aliphatic heterocycles. The monoisotopic (exact) mass is 397 g/mol. The van der Waals surface area contributed by atoms with Gasteiger partial charge in [-0.3, -0.25) is 19.0 Å². The fourth-order valence-corrected chi connectivity index (χ4v) is 2.71. The van der Waals surface area contributed by atoms with E-state index in [0.717, 1.165) is 4.68 Å². The molecule has 0 spiro atoms. The zero-order valence-corrected chi connectivity index (χ0v) is 16.1. The molecule has 2 heterocycles. The van der Waals surface area contributed by atoms with Crippen LogP contribution in [0.5, 0.6) is 0 Å². The number of aryl methyl sites for hydroxylation is 1. The standard InChI is InChI=1S/C20H20FN5O3/c1-13-14(2)23-12-25(20(13)29)9-8-22-19(28)17-6-7-18(27)26(24-17)11-15-4-3-5-16(21)10-15/h3-7,10,12H,8-9,11H2,1-2H3,(H,22,28). The molecule has 0 bridgehead atoms. The van der Waals surface area contributed by atoms with Crippen molar-refractivity contribution >= 4 is 5.91 Å². The number of rotatable bonds is 6. The fraction of sp³-hybridized carbons (Fsp3) is 0.250. The highest BCUT2D eigenvalue weighted by Gasteiger charge is 2.11. The molecule has 3 aromatic rings. The quantitative estimate of drug-likeness (QED) is 0.670. The molecule has 9 heteroatoms. The maximum absolute atomic E-state index is 13.3. The summed E-state index contributed by atoms with van der Waals surface area (Å²) in [6.45, 7) is 3.94. The van der Waals surface area contributed by atoms with Gasteiger partial charge in [0.15, 0.2) is 0 Å². The second-order valence-corrected chi connectivity index (χ2v) is 6.55. The number of hydrogen-bond donors (Lipinski definition) is 1. The normalized spacial score (nSPS) is 10.7. The molecule has 2 aromatic heterocycles. The number of carbonyl (C=O) groups excluding carboxylic acids is 1. The van der Waals surface area contributed by atoms with Gasteiger partial charge in [0.2, 0.25) is 0 Å². The summed E-state index contributed by atoms with van der Waals surface area (Å²) in [7, 11) is 0. The lowest BCUT2D eigenvalue weighted by Crippen LogP contribution is -2.34. The largest absolute Gasteiger partial charge is 0.349 e. The molecular formula is C20H20FN5O3. The number of amides is 1. The van der Waals surface area contributed by atoms with Gasteiger partial charge >= 0.3 is 0 Å². The van der Waals surface area contributed by atoms with Gasteiger partial charge in [-0.05, 0) is 37.6 Å². The summed E-state index contributed by atoms with van der Waals surface area (Å²) in [4.78, 5) is 40.7. The maximum atomic E-state index is 13.3. The topological polar surface area (TPSA) is 98.9 Å². The first-order chi connectivity index (χ1) is 13.8. The van der Waals surface area contributed by atoms with Crippen molar-refractivity contribution < 1.29 is 9.18 Å². The molecule has 0 unspecified atom stereocenters. The molecule has 3 rings (SSSR count). The molecule has 29 heavy (non-hydrogen) atoms. The van der Waals surface area contributed by atoms with E-state index in [0.29, 0.717) is 16.8 Å². The van der Waals surface area contributed by atoms with Crippen LogP contribution in [0.25, 0.3) is 0 Å². The van der Waals surface area contributed by atoms with Crippen molar-refractivity contribution in [1.29, 1.82) is 0 Å². The van der Waals surface area contributed by atoms with Gasteiger partial charge < -0.3 is 5.32 Å². The van der Waals surface area contributed by atoms with Crippen LogP contribution in [0.4, 0.5) is 4.39 Å². The van der Waals surface area contributed by atoms with Crippen LogP contribution in [0, 0.1) is 19.7 Å². The minimum atomic E-state index is -0.483. The summed E-state index contributed by atoms with van der Waals surface area (Å²) in [6.07, 6.45) is 1.44. The van der Waals surface area contributed by atoms with Crippen LogP contribution in [0.15, 0.2) is 52.3 Å². The molecule has 0 saturated carbocycles. The molecule has 8 nitrogen and oxygen atoms in total. The lowest BCUT2D eigenvalue weighted by Gasteiger charge is -2.10. The minimum Gasteiger partial charge on any atom is -0.349 e. The van der Waals surface area contributed by atoms with Crippen LogP contribution >= 0.6 is 0 Å². The van der Waals surface area contributed by atoms with Gasteiger partial charge in [0.05, 0.1) is 12.9 Å². The second-order valence-electron chi connectivity index (χ2n) is 6.55. The molecular weight excluding hydrogens is 377 g/mol. The third-order valence-corrected chi connectivity index (χ3v) is 4.47. The van der Waals surface area contributed by atoms with Crippen molar-refractivity contribution in [2.75, 3.05) is 6.54 Å². The minimum absolute atomic E-state index is 0.0431. The number of hydrogen-bond acceptors (Lipinski definition) is 5. The number of nitrogens with zero attached hydrogens (tertiary/aromatic N) is 4. The van der Waals surface area contributed by atoms with Crippen molar-refractivity contribution in [2.45, 2.75) is 26.9 Å². The molecule has 1 amide bonds. The number of aromatic nitrogens is 4. The molecule has 0 fully saturated rings. The Balaban J connectivity index is 1.67. The Hall–Kier alpha value is -3.62. The Morgan fingerprint density at radius 3 is 2.72 bits per heavy atom. The summed E-state index contributed by atoms with van der Waals surface area (Å²) in [5.74, 6) is -0.900. The fourth-order valence-electron chi connectivity index (χ4n) is 2.71. The van der Waals surface area contributed by atoms with Crippen molar-refractivity contribution in [1.82, 2.24) is 24.6 Å². The Kier molecular flexibility index (Phi) is 5.96. The van der Waals surface area contributed by atoms with Gasteiger partial charge in [-0.1, -0.05) is 12.1 Å². The van der Waals surface area contributed by atoms with Crippen LogP contribution in [0.3, 0.4) is 0 Å². The predicted molar refractivity (Wildman–Crippen MR) is 104 cm³/mol. The van der Waals surface area contributed by atoms with E-state index in [-0.39, 0.29) is 30.9 Å². The zero-order valence-electron chi connectivity index (χ0n) is 16.1. The Morgan fingerprint density at radius 1 is 1.17 bits per heavy atom. The summed E-state index contributed by atoms with van der Waals surface area (Å²) in [5, 5.41) is 6.72. The Labute approximate surface area is 165 Å². The highest BCUT2D eigenvalue weighted by Crippen LogP contribution is 2.04. The van der Waals surface area contributed by atoms with E-state index in [1.54, 1.807) is 19.9 Å². The van der Waals surface area contributed by atoms with E-state index in [4.69, 9.17) is 0 Å². The SMILES string of the molecule is Cc1ncn(CCNC(=O)c2ccc(=O)n(Cc3cccc(F)c3)n2)c(=O)c1C. The summed E-state index contributed by atoms with van der Waals surface area (Å²) >= 11 is 0. The average molecular weight is 397 g/mol. The predicted octanol–water partition coefficient (Wildman–Crippen LogP) is 1.03. The highest BCUT2D eigenvalue weighted by atomic mass is 19.1. The molecule has 0 atom stereocenters. The molecule has 0 saturated heterocycles. The van der Waals surface area contributed by atoms with Gasteiger partial charge in [0.1, 0.15) is 11.5 Å². The first-order valence-electron chi connectivity index (χ1n) is 8.98. The summed E-state index contributed by atoms with van der Waals surface area (Å²) in [6, 6.07) is 8.37. The molecule has 0 aliphatic carbocycles. The molecule has 150 valence electrons. The Morgan fingerprint density at radius 2 is 1.97 bits per heavy atom. The van der Waals surface area contributed by atoms with Crippen LogP contribution < -0.4 is 16.4 Å². The van der Waals surface area contributed by atoms with Crippen molar-refractivity contribution in [3.05, 3.63) is 91.8 Å². The maximum Gasteiger partial charge on any atom is 0.271 e. The number of nitrogens with one attached hydrogen (secondary N) is 1. The first kappa shape index (κ1) is 20.1. The third-order valence-electron chi connectivity index (χ3n) is 4.47. The Bertz CT molecular complexity index is 1170. The van der Waals surface area contributed by atoms with Gasteiger partial charge in [0, 0.05) is 30.4 Å². The van der Waals surface area contributed by atoms with E-state index < -0.39 is 17.3 Å². The number of carbonyl (C=O) groups is 1. The highest BCUT2D eigenvalue weighted by molar-refractivity contribution is 5.91. The summed E-state index contributed by atoms with van der Waals surface area (Å²) < 4.78 is 15.8. The van der Waals surface area contributed by atoms with Crippen LogP contribution in [-0.2, 0) is 13.1 Å². The zero-order chi connectivity index (χ0) is 21.0. The molecule has 0 aliphatic rings. The smallest absolute Gasteiger partial charge is 0.271 e. The van der Waals surface area contributed by atoms with Gasteiger partial charge in [-0.25, -0.2) is 14.1 Å². The van der Waals surface area contributed by atoms with Crippen LogP contribution in [0.1, 0.15) is 27.3 Å². The van der Waals surface area contributed by atoms with E-state index in [1.165, 1.54) is 41.2 Å². The van der Waals surface area contributed by atoms with Crippen molar-refractivity contribution in [3.63, 3.8) is 0 Å². The number of halogens is 1. The van der Waals surface area contributed by atoms with Gasteiger partial charge in [-0.2, -0.15) is 5.10 Å². The molecule has 1 N–H and O–H groups in total. The van der Waals surface area contributed by atoms with Crippen LogP contribution in [0.2, 0.25) is 0 Å². The summed E-state index contributed by atoms with van der Waals surface area (Å²) in [5.41, 5.74) is 1.27.